The van der Waals surface area contributed by atoms with Gasteiger partial charge in [0.15, 0.2) is 0 Å². The Labute approximate surface area is 260 Å². The molecule has 4 rings (SSSR count). The van der Waals surface area contributed by atoms with Gasteiger partial charge in [-0.2, -0.15) is 0 Å². The van der Waals surface area contributed by atoms with E-state index in [1.165, 1.54) is 24.1 Å². The van der Waals surface area contributed by atoms with Gasteiger partial charge in [-0.1, -0.05) is 98.8 Å². The summed E-state index contributed by atoms with van der Waals surface area (Å²) >= 11 is 0. The number of anilines is 1. The van der Waals surface area contributed by atoms with Crippen LogP contribution in [0.4, 0.5) is 5.69 Å². The van der Waals surface area contributed by atoms with Crippen molar-refractivity contribution in [1.29, 1.82) is 0 Å². The molecule has 0 saturated carbocycles. The molecule has 9 heteroatoms. The van der Waals surface area contributed by atoms with Crippen molar-refractivity contribution in [2.45, 2.75) is 37.8 Å². The Balaban J connectivity index is 1.79. The number of nitrogens with one attached hydrogen (secondary N) is 1. The van der Waals surface area contributed by atoms with E-state index in [1.54, 1.807) is 42.5 Å². The third-order valence-corrected chi connectivity index (χ3v) is 8.89. The minimum absolute atomic E-state index is 0.0424. The summed E-state index contributed by atoms with van der Waals surface area (Å²) in [7, 11) is -2.69. The van der Waals surface area contributed by atoms with Gasteiger partial charge in [-0.15, -0.1) is 0 Å². The van der Waals surface area contributed by atoms with Gasteiger partial charge in [0.25, 0.3) is 10.0 Å². The molecule has 0 fully saturated rings. The van der Waals surface area contributed by atoms with Gasteiger partial charge in [0.1, 0.15) is 18.3 Å². The average Bonchev–Trinajstić information content (AvgIpc) is 3.05. The van der Waals surface area contributed by atoms with Crippen molar-refractivity contribution in [1.82, 2.24) is 10.2 Å². The van der Waals surface area contributed by atoms with Crippen molar-refractivity contribution in [3.05, 3.63) is 126 Å². The van der Waals surface area contributed by atoms with Gasteiger partial charge in [0.2, 0.25) is 11.8 Å². The second-order valence-electron chi connectivity index (χ2n) is 10.9. The minimum atomic E-state index is -4.18. The molecule has 0 bridgehead atoms. The third kappa shape index (κ3) is 8.48. The molecular weight excluding hydrogens is 574 g/mol. The number of ether oxygens (including phenoxy) is 1. The molecule has 0 aliphatic heterocycles. The largest absolute Gasteiger partial charge is 0.497 e. The van der Waals surface area contributed by atoms with Crippen LogP contribution in [0.25, 0.3) is 0 Å². The van der Waals surface area contributed by atoms with Crippen LogP contribution in [0, 0.1) is 5.92 Å². The number of nitrogens with zero attached hydrogens (tertiary/aromatic N) is 2. The lowest BCUT2D eigenvalue weighted by molar-refractivity contribution is -0.140. The van der Waals surface area contributed by atoms with Gasteiger partial charge in [-0.05, 0) is 41.3 Å². The minimum Gasteiger partial charge on any atom is -0.497 e. The van der Waals surface area contributed by atoms with Crippen LogP contribution < -0.4 is 14.4 Å². The summed E-state index contributed by atoms with van der Waals surface area (Å²) < 4.78 is 34.6. The summed E-state index contributed by atoms with van der Waals surface area (Å²) in [6.45, 7) is 4.03. The molecule has 0 radical (unpaired) electrons. The molecule has 1 N–H and O–H groups in total. The maximum Gasteiger partial charge on any atom is 0.264 e. The zero-order chi connectivity index (χ0) is 31.5. The molecule has 4 aromatic carbocycles. The Morgan fingerprint density at radius 3 is 1.98 bits per heavy atom. The molecule has 230 valence electrons. The van der Waals surface area contributed by atoms with E-state index >= 15 is 0 Å². The Morgan fingerprint density at radius 1 is 0.795 bits per heavy atom. The Hall–Kier alpha value is -4.63. The highest BCUT2D eigenvalue weighted by atomic mass is 32.2. The van der Waals surface area contributed by atoms with Crippen LogP contribution >= 0.6 is 0 Å². The first-order valence-electron chi connectivity index (χ1n) is 14.6. The second-order valence-corrected chi connectivity index (χ2v) is 12.7. The quantitative estimate of drug-likeness (QED) is 0.208. The number of carbonyl (C=O) groups excluding carboxylic acids is 2. The fourth-order valence-corrected chi connectivity index (χ4v) is 6.20. The number of benzene rings is 4. The second kappa shape index (κ2) is 15.2. The topological polar surface area (TPSA) is 96.0 Å². The molecular formula is C35H39N3O5S. The van der Waals surface area contributed by atoms with E-state index in [9.17, 15) is 18.0 Å². The Kier molecular flexibility index (Phi) is 11.2. The van der Waals surface area contributed by atoms with E-state index in [1.807, 2.05) is 74.5 Å². The lowest BCUT2D eigenvalue weighted by Crippen LogP contribution is -2.53. The van der Waals surface area contributed by atoms with Crippen LogP contribution in [0.15, 0.2) is 120 Å². The van der Waals surface area contributed by atoms with E-state index in [0.717, 1.165) is 15.4 Å². The molecule has 0 aliphatic rings. The summed E-state index contributed by atoms with van der Waals surface area (Å²) in [6, 6.07) is 32.5. The van der Waals surface area contributed by atoms with Crippen LogP contribution in [0.1, 0.15) is 25.0 Å². The highest BCUT2D eigenvalue weighted by molar-refractivity contribution is 7.92. The van der Waals surface area contributed by atoms with Crippen LogP contribution in [0.5, 0.6) is 5.75 Å². The highest BCUT2D eigenvalue weighted by Crippen LogP contribution is 2.28. The fourth-order valence-electron chi connectivity index (χ4n) is 4.77. The molecule has 0 unspecified atom stereocenters. The van der Waals surface area contributed by atoms with Gasteiger partial charge < -0.3 is 15.0 Å². The Morgan fingerprint density at radius 2 is 1.39 bits per heavy atom. The smallest absolute Gasteiger partial charge is 0.264 e. The fraction of sp³-hybridized carbons (Fsp3) is 0.257. The van der Waals surface area contributed by atoms with E-state index in [-0.39, 0.29) is 35.4 Å². The predicted octanol–water partition coefficient (Wildman–Crippen LogP) is 5.30. The summed E-state index contributed by atoms with van der Waals surface area (Å²) in [5.41, 5.74) is 1.96. The maximum atomic E-state index is 14.4. The summed E-state index contributed by atoms with van der Waals surface area (Å²) in [5, 5.41) is 3.00. The van der Waals surface area contributed by atoms with Crippen molar-refractivity contribution >= 4 is 27.5 Å². The van der Waals surface area contributed by atoms with Crippen molar-refractivity contribution in [3.63, 3.8) is 0 Å². The van der Waals surface area contributed by atoms with Crippen molar-refractivity contribution in [2.75, 3.05) is 24.5 Å². The average molecular weight is 614 g/mol. The van der Waals surface area contributed by atoms with E-state index < -0.39 is 28.5 Å². The van der Waals surface area contributed by atoms with Crippen LogP contribution in [0.3, 0.4) is 0 Å². The van der Waals surface area contributed by atoms with Crippen molar-refractivity contribution in [2.24, 2.45) is 5.92 Å². The number of rotatable bonds is 14. The molecule has 4 aromatic rings. The van der Waals surface area contributed by atoms with E-state index in [4.69, 9.17) is 4.74 Å². The first-order chi connectivity index (χ1) is 21.2. The van der Waals surface area contributed by atoms with Gasteiger partial charge in [-0.3, -0.25) is 13.9 Å². The lowest BCUT2D eigenvalue weighted by Gasteiger charge is -2.34. The molecule has 1 atom stereocenters. The molecule has 0 heterocycles. The number of carbonyl (C=O) groups is 2. The number of methoxy groups -OCH3 is 1. The number of sulfonamides is 1. The van der Waals surface area contributed by atoms with Crippen LogP contribution in [0.2, 0.25) is 0 Å². The lowest BCUT2D eigenvalue weighted by atomic mass is 10.0. The maximum absolute atomic E-state index is 14.4. The molecule has 0 saturated heterocycles. The zero-order valence-electron chi connectivity index (χ0n) is 25.3. The number of hydrogen-bond acceptors (Lipinski definition) is 5. The van der Waals surface area contributed by atoms with Crippen molar-refractivity contribution < 1.29 is 22.7 Å². The number of hydrogen-bond donors (Lipinski definition) is 1. The first kappa shape index (κ1) is 32.3. The summed E-state index contributed by atoms with van der Waals surface area (Å²) in [4.78, 5) is 29.8. The van der Waals surface area contributed by atoms with Crippen LogP contribution in [-0.2, 0) is 32.6 Å². The van der Waals surface area contributed by atoms with Crippen LogP contribution in [-0.4, -0.2) is 51.4 Å². The molecule has 0 aromatic heterocycles. The van der Waals surface area contributed by atoms with Gasteiger partial charge >= 0.3 is 0 Å². The SMILES string of the molecule is COc1cccc(N(CC(=O)N(Cc2ccccc2)[C@@H](Cc2ccccc2)C(=O)NCC(C)C)S(=O)(=O)c2ccccc2)c1. The van der Waals surface area contributed by atoms with Gasteiger partial charge in [-0.25, -0.2) is 8.42 Å². The van der Waals surface area contributed by atoms with Crippen molar-refractivity contribution in [3.8, 4) is 5.75 Å². The Bertz CT molecular complexity index is 1610. The molecule has 0 spiro atoms. The zero-order valence-corrected chi connectivity index (χ0v) is 26.1. The highest BCUT2D eigenvalue weighted by Gasteiger charge is 2.34. The van der Waals surface area contributed by atoms with E-state index in [0.29, 0.717) is 12.3 Å². The molecule has 2 amide bonds. The molecule has 44 heavy (non-hydrogen) atoms. The molecule has 8 nitrogen and oxygen atoms in total. The monoisotopic (exact) mass is 613 g/mol. The third-order valence-electron chi connectivity index (χ3n) is 7.10. The number of amides is 2. The summed E-state index contributed by atoms with van der Waals surface area (Å²) in [5.74, 6) is -0.170. The standard InChI is InChI=1S/C35H39N3O5S/c1-27(2)24-36-35(40)33(22-28-14-7-4-8-15-28)37(25-29-16-9-5-10-17-29)34(39)26-38(30-18-13-19-31(23-30)43-3)44(41,42)32-20-11-6-12-21-32/h4-21,23,27,33H,22,24-26H2,1-3H3,(H,36,40)/t33-/m0/s1. The normalized spacial score (nSPS) is 11.9. The van der Waals surface area contributed by atoms with Gasteiger partial charge in [0, 0.05) is 25.6 Å². The summed E-state index contributed by atoms with van der Waals surface area (Å²) in [6.07, 6.45) is 0.258. The van der Waals surface area contributed by atoms with Gasteiger partial charge in [0.05, 0.1) is 17.7 Å². The van der Waals surface area contributed by atoms with E-state index in [2.05, 4.69) is 5.32 Å². The predicted molar refractivity (Wildman–Crippen MR) is 173 cm³/mol. The first-order valence-corrected chi connectivity index (χ1v) is 16.0. The molecule has 0 aliphatic carbocycles.